The van der Waals surface area contributed by atoms with E-state index in [1.54, 1.807) is 0 Å². The second-order valence-electron chi connectivity index (χ2n) is 9.16. The molecule has 4 heteroatoms. The summed E-state index contributed by atoms with van der Waals surface area (Å²) in [5, 5.41) is 0. The highest BCUT2D eigenvalue weighted by Crippen LogP contribution is 2.48. The second kappa shape index (κ2) is 7.52. The largest absolute Gasteiger partial charge is 0.465 e. The van der Waals surface area contributed by atoms with Gasteiger partial charge in [0.15, 0.2) is 0 Å². The molecule has 0 unspecified atom stereocenters. The van der Waals surface area contributed by atoms with Crippen molar-refractivity contribution in [2.75, 3.05) is 45.9 Å². The molecule has 1 saturated heterocycles. The van der Waals surface area contributed by atoms with Gasteiger partial charge in [0.05, 0.1) is 13.2 Å². The van der Waals surface area contributed by atoms with Crippen LogP contribution in [0.2, 0.25) is 0 Å². The van der Waals surface area contributed by atoms with E-state index in [0.29, 0.717) is 24.0 Å². The third kappa shape index (κ3) is 6.07. The monoisotopic (exact) mass is 324 g/mol. The van der Waals surface area contributed by atoms with Gasteiger partial charge >= 0.3 is 5.97 Å². The fourth-order valence-corrected chi connectivity index (χ4v) is 5.09. The van der Waals surface area contributed by atoms with E-state index in [9.17, 15) is 4.79 Å². The van der Waals surface area contributed by atoms with Gasteiger partial charge in [-0.3, -0.25) is 9.69 Å². The van der Waals surface area contributed by atoms with E-state index in [4.69, 9.17) is 4.74 Å². The number of hydrogen-bond donors (Lipinski definition) is 0. The van der Waals surface area contributed by atoms with Gasteiger partial charge in [0.25, 0.3) is 0 Å². The predicted molar refractivity (Wildman–Crippen MR) is 94.4 cm³/mol. The summed E-state index contributed by atoms with van der Waals surface area (Å²) in [6.07, 6.45) is 4.03. The summed E-state index contributed by atoms with van der Waals surface area (Å²) in [5.41, 5.74) is 0.941. The maximum Gasteiger partial charge on any atom is 0.320 e. The normalized spacial score (nSPS) is 26.1. The molecular formula is C19H36N2O2. The molecule has 2 aliphatic rings. The highest BCUT2D eigenvalue weighted by atomic mass is 16.5. The maximum absolute atomic E-state index is 11.6. The number of hydrogen-bond acceptors (Lipinski definition) is 4. The zero-order chi connectivity index (χ0) is 17.1. The number of rotatable bonds is 5. The molecule has 0 radical (unpaired) electrons. The summed E-state index contributed by atoms with van der Waals surface area (Å²) < 4.78 is 5.04. The topological polar surface area (TPSA) is 32.8 Å². The standard InChI is InChI=1S/C19H36N2O2/c1-6-23-17(22)14-21-9-7-20(8-10-21)13-16-11-18(2,3)15-19(4,5)12-16/h16H,6-15H2,1-5H3. The van der Waals surface area contributed by atoms with Gasteiger partial charge in [-0.2, -0.15) is 0 Å². The van der Waals surface area contributed by atoms with Gasteiger partial charge in [0.1, 0.15) is 0 Å². The van der Waals surface area contributed by atoms with E-state index in [0.717, 1.165) is 32.1 Å². The average Bonchev–Trinajstić information content (AvgIpc) is 2.37. The van der Waals surface area contributed by atoms with Gasteiger partial charge in [-0.25, -0.2) is 0 Å². The highest BCUT2D eigenvalue weighted by molar-refractivity contribution is 5.71. The molecule has 0 aromatic rings. The van der Waals surface area contributed by atoms with Crippen LogP contribution in [-0.4, -0.2) is 61.6 Å². The Morgan fingerprint density at radius 2 is 1.52 bits per heavy atom. The molecule has 0 spiro atoms. The van der Waals surface area contributed by atoms with Crippen molar-refractivity contribution in [2.24, 2.45) is 16.7 Å². The van der Waals surface area contributed by atoms with Crippen LogP contribution in [0, 0.1) is 16.7 Å². The third-order valence-corrected chi connectivity index (χ3v) is 5.28. The van der Waals surface area contributed by atoms with Crippen LogP contribution < -0.4 is 0 Å². The molecule has 0 N–H and O–H groups in total. The summed E-state index contributed by atoms with van der Waals surface area (Å²) in [7, 11) is 0. The summed E-state index contributed by atoms with van der Waals surface area (Å²) in [6.45, 7) is 17.9. The Bertz CT molecular complexity index is 382. The lowest BCUT2D eigenvalue weighted by Gasteiger charge is -2.47. The second-order valence-corrected chi connectivity index (χ2v) is 9.16. The number of piperazine rings is 1. The minimum Gasteiger partial charge on any atom is -0.465 e. The van der Waals surface area contributed by atoms with Crippen molar-refractivity contribution >= 4 is 5.97 Å². The van der Waals surface area contributed by atoms with Crippen LogP contribution in [0.15, 0.2) is 0 Å². The van der Waals surface area contributed by atoms with E-state index in [1.165, 1.54) is 25.8 Å². The van der Waals surface area contributed by atoms with Crippen LogP contribution in [0.4, 0.5) is 0 Å². The lowest BCUT2D eigenvalue weighted by atomic mass is 9.61. The molecule has 0 amide bonds. The lowest BCUT2D eigenvalue weighted by Crippen LogP contribution is -2.50. The lowest BCUT2D eigenvalue weighted by molar-refractivity contribution is -0.144. The van der Waals surface area contributed by atoms with Gasteiger partial charge < -0.3 is 9.64 Å². The molecule has 2 rings (SSSR count). The highest BCUT2D eigenvalue weighted by Gasteiger charge is 2.39. The Morgan fingerprint density at radius 1 is 1.00 bits per heavy atom. The Labute approximate surface area is 142 Å². The Kier molecular flexibility index (Phi) is 6.12. The summed E-state index contributed by atoms with van der Waals surface area (Å²) in [4.78, 5) is 16.4. The van der Waals surface area contributed by atoms with Crippen LogP contribution >= 0.6 is 0 Å². The van der Waals surface area contributed by atoms with Gasteiger partial charge in [0.2, 0.25) is 0 Å². The summed E-state index contributed by atoms with van der Waals surface area (Å²) in [6, 6.07) is 0. The predicted octanol–water partition coefficient (Wildman–Crippen LogP) is 3.02. The van der Waals surface area contributed by atoms with Crippen molar-refractivity contribution in [2.45, 2.75) is 53.9 Å². The van der Waals surface area contributed by atoms with Crippen LogP contribution in [0.5, 0.6) is 0 Å². The Balaban J connectivity index is 1.77. The van der Waals surface area contributed by atoms with Crippen LogP contribution in [0.3, 0.4) is 0 Å². The molecule has 1 aliphatic heterocycles. The molecule has 23 heavy (non-hydrogen) atoms. The van der Waals surface area contributed by atoms with E-state index in [2.05, 4.69) is 37.5 Å². The summed E-state index contributed by atoms with van der Waals surface area (Å²) in [5.74, 6) is 0.724. The van der Waals surface area contributed by atoms with Crippen molar-refractivity contribution in [1.82, 2.24) is 9.80 Å². The first kappa shape index (κ1) is 18.7. The molecule has 4 nitrogen and oxygen atoms in total. The minimum atomic E-state index is -0.0864. The first-order valence-electron chi connectivity index (χ1n) is 9.29. The number of carbonyl (C=O) groups excluding carboxylic acids is 1. The molecule has 0 atom stereocenters. The molecule has 1 aliphatic carbocycles. The quantitative estimate of drug-likeness (QED) is 0.728. The average molecular weight is 325 g/mol. The molecule has 1 saturated carbocycles. The molecule has 134 valence electrons. The Hall–Kier alpha value is -0.610. The van der Waals surface area contributed by atoms with E-state index in [1.807, 2.05) is 6.92 Å². The molecular weight excluding hydrogens is 288 g/mol. The Morgan fingerprint density at radius 3 is 2.04 bits per heavy atom. The summed E-state index contributed by atoms with van der Waals surface area (Å²) >= 11 is 0. The van der Waals surface area contributed by atoms with E-state index in [-0.39, 0.29) is 5.97 Å². The zero-order valence-electron chi connectivity index (χ0n) is 15.9. The van der Waals surface area contributed by atoms with Crippen molar-refractivity contribution in [1.29, 1.82) is 0 Å². The maximum atomic E-state index is 11.6. The van der Waals surface area contributed by atoms with Crippen molar-refractivity contribution in [3.63, 3.8) is 0 Å². The number of nitrogens with zero attached hydrogens (tertiary/aromatic N) is 2. The van der Waals surface area contributed by atoms with E-state index < -0.39 is 0 Å². The molecule has 0 aromatic heterocycles. The first-order valence-corrected chi connectivity index (χ1v) is 9.29. The SMILES string of the molecule is CCOC(=O)CN1CCN(CC2CC(C)(C)CC(C)(C)C2)CC1. The third-order valence-electron chi connectivity index (χ3n) is 5.28. The number of carbonyl (C=O) groups is 1. The van der Waals surface area contributed by atoms with Crippen LogP contribution in [0.1, 0.15) is 53.9 Å². The number of ether oxygens (including phenoxy) is 1. The van der Waals surface area contributed by atoms with Crippen LogP contribution in [0.25, 0.3) is 0 Å². The molecule has 0 bridgehead atoms. The first-order chi connectivity index (χ1) is 10.7. The fraction of sp³-hybridized carbons (Fsp3) is 0.947. The minimum absolute atomic E-state index is 0.0864. The van der Waals surface area contributed by atoms with Crippen molar-refractivity contribution < 1.29 is 9.53 Å². The van der Waals surface area contributed by atoms with Gasteiger partial charge in [-0.15, -0.1) is 0 Å². The van der Waals surface area contributed by atoms with Crippen molar-refractivity contribution in [3.8, 4) is 0 Å². The molecule has 0 aromatic carbocycles. The zero-order valence-corrected chi connectivity index (χ0v) is 15.9. The molecule has 1 heterocycles. The number of esters is 1. The van der Waals surface area contributed by atoms with Crippen LogP contribution in [-0.2, 0) is 9.53 Å². The van der Waals surface area contributed by atoms with Gasteiger partial charge in [-0.05, 0) is 42.9 Å². The van der Waals surface area contributed by atoms with Crippen molar-refractivity contribution in [3.05, 3.63) is 0 Å². The smallest absolute Gasteiger partial charge is 0.320 e. The van der Waals surface area contributed by atoms with Gasteiger partial charge in [-0.1, -0.05) is 27.7 Å². The molecule has 2 fully saturated rings. The van der Waals surface area contributed by atoms with Gasteiger partial charge in [0, 0.05) is 32.7 Å². The van der Waals surface area contributed by atoms with E-state index >= 15 is 0 Å². The fourth-order valence-electron chi connectivity index (χ4n) is 5.09.